The van der Waals surface area contributed by atoms with Gasteiger partial charge in [0, 0.05) is 36.0 Å². The van der Waals surface area contributed by atoms with Crippen LogP contribution >= 0.6 is 11.6 Å². The number of nitrogens with zero attached hydrogens (tertiary/aromatic N) is 1. The van der Waals surface area contributed by atoms with Crippen molar-refractivity contribution in [2.45, 2.75) is 18.6 Å². The van der Waals surface area contributed by atoms with E-state index in [9.17, 15) is 4.79 Å². The summed E-state index contributed by atoms with van der Waals surface area (Å²) in [5.74, 6) is 0.853. The van der Waals surface area contributed by atoms with E-state index in [1.54, 1.807) is 13.2 Å². The number of benzene rings is 2. The molecule has 2 heterocycles. The first kappa shape index (κ1) is 19.7. The summed E-state index contributed by atoms with van der Waals surface area (Å²) in [4.78, 5) is 18.0. The van der Waals surface area contributed by atoms with Gasteiger partial charge >= 0.3 is 0 Å². The van der Waals surface area contributed by atoms with E-state index in [0.29, 0.717) is 23.7 Å². The first-order chi connectivity index (χ1) is 14.2. The number of hydrogen-bond acceptors (Lipinski definition) is 6. The summed E-state index contributed by atoms with van der Waals surface area (Å²) in [6.07, 6.45) is -0.235. The van der Waals surface area contributed by atoms with Crippen LogP contribution in [0.4, 0.5) is 0 Å². The number of hydrazine groups is 1. The maximum Gasteiger partial charge on any atom is 0.264 e. The van der Waals surface area contributed by atoms with Crippen molar-refractivity contribution in [3.05, 3.63) is 64.7 Å². The van der Waals surface area contributed by atoms with Crippen LogP contribution in [0.15, 0.2) is 53.7 Å². The van der Waals surface area contributed by atoms with Gasteiger partial charge in [0.15, 0.2) is 0 Å². The number of amides is 1. The van der Waals surface area contributed by atoms with E-state index in [-0.39, 0.29) is 17.9 Å². The van der Waals surface area contributed by atoms with E-state index in [4.69, 9.17) is 21.2 Å². The van der Waals surface area contributed by atoms with Gasteiger partial charge in [-0.2, -0.15) is 0 Å². The minimum absolute atomic E-state index is 0.0978. The number of carbonyl (C=O) groups excluding carboxylic acids is 1. The van der Waals surface area contributed by atoms with Crippen LogP contribution in [0.1, 0.15) is 23.6 Å². The van der Waals surface area contributed by atoms with Gasteiger partial charge in [-0.15, -0.1) is 0 Å². The van der Waals surface area contributed by atoms with Gasteiger partial charge in [0.1, 0.15) is 5.75 Å². The van der Waals surface area contributed by atoms with Crippen molar-refractivity contribution in [2.75, 3.05) is 20.2 Å². The van der Waals surface area contributed by atoms with Gasteiger partial charge in [-0.1, -0.05) is 47.1 Å². The summed E-state index contributed by atoms with van der Waals surface area (Å²) >= 11 is 6.21. The molecule has 1 fully saturated rings. The zero-order chi connectivity index (χ0) is 20.2. The molecular formula is C21H23ClN4O3. The smallest absolute Gasteiger partial charge is 0.264 e. The lowest BCUT2D eigenvalue weighted by Gasteiger charge is -2.20. The topological polar surface area (TPSA) is 84.0 Å². The Kier molecular flexibility index (Phi) is 5.99. The quantitative estimate of drug-likeness (QED) is 0.676. The van der Waals surface area contributed by atoms with Crippen LogP contribution in [0, 0.1) is 5.92 Å². The molecule has 0 saturated carbocycles. The third kappa shape index (κ3) is 4.37. The molecule has 1 amide bonds. The SMILES string of the molecule is COc1ccc(C2NNCC2CNC(=O)C2CC(c3ccccc3Cl)=NO2)cc1. The van der Waals surface area contributed by atoms with Crippen molar-refractivity contribution in [3.63, 3.8) is 0 Å². The van der Waals surface area contributed by atoms with Gasteiger partial charge in [0.25, 0.3) is 5.91 Å². The second-order valence-electron chi connectivity index (χ2n) is 7.10. The highest BCUT2D eigenvalue weighted by atomic mass is 35.5. The second-order valence-corrected chi connectivity index (χ2v) is 7.50. The summed E-state index contributed by atoms with van der Waals surface area (Å²) in [6.45, 7) is 1.28. The predicted molar refractivity (Wildman–Crippen MR) is 111 cm³/mol. The van der Waals surface area contributed by atoms with Crippen LogP contribution in [0.2, 0.25) is 5.02 Å². The molecule has 2 aromatic carbocycles. The molecule has 4 rings (SSSR count). The summed E-state index contributed by atoms with van der Waals surface area (Å²) < 4.78 is 5.22. The summed E-state index contributed by atoms with van der Waals surface area (Å²) in [5, 5.41) is 7.66. The zero-order valence-electron chi connectivity index (χ0n) is 16.0. The maximum atomic E-state index is 12.6. The average molecular weight is 415 g/mol. The van der Waals surface area contributed by atoms with Crippen molar-refractivity contribution in [2.24, 2.45) is 11.1 Å². The van der Waals surface area contributed by atoms with Crippen molar-refractivity contribution in [1.29, 1.82) is 0 Å². The van der Waals surface area contributed by atoms with E-state index in [1.165, 1.54) is 0 Å². The standard InChI is InChI=1S/C21H23ClN4O3/c1-28-15-8-6-13(7-9-15)20-14(12-24-25-20)11-23-21(27)19-10-18(26-29-19)16-4-2-3-5-17(16)22/h2-9,14,19-20,24-25H,10-12H2,1H3,(H,23,27). The molecule has 0 bridgehead atoms. The maximum absolute atomic E-state index is 12.6. The van der Waals surface area contributed by atoms with Gasteiger partial charge in [-0.05, 0) is 23.8 Å². The van der Waals surface area contributed by atoms with Crippen LogP contribution in [0.3, 0.4) is 0 Å². The summed E-state index contributed by atoms with van der Waals surface area (Å²) in [5.41, 5.74) is 9.08. The van der Waals surface area contributed by atoms with Gasteiger partial charge in [-0.3, -0.25) is 10.2 Å². The molecule has 2 aliphatic heterocycles. The van der Waals surface area contributed by atoms with E-state index < -0.39 is 6.10 Å². The van der Waals surface area contributed by atoms with Crippen molar-refractivity contribution >= 4 is 23.2 Å². The Labute approximate surface area is 174 Å². The number of rotatable bonds is 6. The number of halogens is 1. The molecular weight excluding hydrogens is 392 g/mol. The monoisotopic (exact) mass is 414 g/mol. The highest BCUT2D eigenvalue weighted by Gasteiger charge is 2.32. The fourth-order valence-corrected chi connectivity index (χ4v) is 3.86. The molecule has 7 nitrogen and oxygen atoms in total. The minimum Gasteiger partial charge on any atom is -0.497 e. The lowest BCUT2D eigenvalue weighted by Crippen LogP contribution is -2.39. The minimum atomic E-state index is -0.636. The third-order valence-corrected chi connectivity index (χ3v) is 5.58. The van der Waals surface area contributed by atoms with Crippen molar-refractivity contribution in [1.82, 2.24) is 16.2 Å². The number of carbonyl (C=O) groups is 1. The molecule has 0 radical (unpaired) electrons. The van der Waals surface area contributed by atoms with Gasteiger partial charge in [0.05, 0.1) is 18.9 Å². The molecule has 0 aromatic heterocycles. The Morgan fingerprint density at radius 1 is 1.28 bits per heavy atom. The van der Waals surface area contributed by atoms with Gasteiger partial charge in [-0.25, -0.2) is 5.43 Å². The van der Waals surface area contributed by atoms with Crippen molar-refractivity contribution < 1.29 is 14.4 Å². The third-order valence-electron chi connectivity index (χ3n) is 5.25. The largest absolute Gasteiger partial charge is 0.497 e. The predicted octanol–water partition coefficient (Wildman–Crippen LogP) is 2.42. The highest BCUT2D eigenvalue weighted by Crippen LogP contribution is 2.27. The van der Waals surface area contributed by atoms with Crippen LogP contribution in [0.25, 0.3) is 0 Å². The number of nitrogens with one attached hydrogen (secondary N) is 3. The fourth-order valence-electron chi connectivity index (χ4n) is 3.61. The number of oxime groups is 1. The molecule has 3 unspecified atom stereocenters. The Bertz CT molecular complexity index is 903. The molecule has 3 N–H and O–H groups in total. The normalized spacial score (nSPS) is 23.4. The lowest BCUT2D eigenvalue weighted by atomic mass is 9.94. The van der Waals surface area contributed by atoms with Crippen LogP contribution < -0.4 is 20.9 Å². The van der Waals surface area contributed by atoms with E-state index in [2.05, 4.69) is 21.3 Å². The van der Waals surface area contributed by atoms with E-state index in [1.807, 2.05) is 42.5 Å². The van der Waals surface area contributed by atoms with E-state index in [0.717, 1.165) is 23.4 Å². The average Bonchev–Trinajstić information content (AvgIpc) is 3.42. The number of ether oxygens (including phenoxy) is 1. The molecule has 29 heavy (non-hydrogen) atoms. The molecule has 152 valence electrons. The van der Waals surface area contributed by atoms with Crippen LogP contribution in [-0.2, 0) is 9.63 Å². The highest BCUT2D eigenvalue weighted by molar-refractivity contribution is 6.34. The van der Waals surface area contributed by atoms with Crippen LogP contribution in [0.5, 0.6) is 5.75 Å². The molecule has 2 aliphatic rings. The Morgan fingerprint density at radius 2 is 2.07 bits per heavy atom. The molecule has 2 aromatic rings. The molecule has 1 saturated heterocycles. The first-order valence-electron chi connectivity index (χ1n) is 9.53. The number of hydrogen-bond donors (Lipinski definition) is 3. The molecule has 3 atom stereocenters. The first-order valence-corrected chi connectivity index (χ1v) is 9.91. The Morgan fingerprint density at radius 3 is 2.83 bits per heavy atom. The second kappa shape index (κ2) is 8.82. The zero-order valence-corrected chi connectivity index (χ0v) is 16.8. The molecule has 0 spiro atoms. The van der Waals surface area contributed by atoms with Crippen molar-refractivity contribution in [3.8, 4) is 5.75 Å². The Hall–Kier alpha value is -2.61. The summed E-state index contributed by atoms with van der Waals surface area (Å²) in [6, 6.07) is 15.4. The Balaban J connectivity index is 1.32. The summed E-state index contributed by atoms with van der Waals surface area (Å²) in [7, 11) is 1.65. The van der Waals surface area contributed by atoms with Crippen LogP contribution in [-0.4, -0.2) is 37.9 Å². The fraction of sp³-hybridized carbons (Fsp3) is 0.333. The molecule has 8 heteroatoms. The number of methoxy groups -OCH3 is 1. The van der Waals surface area contributed by atoms with Gasteiger partial charge in [0.2, 0.25) is 6.10 Å². The molecule has 0 aliphatic carbocycles. The lowest BCUT2D eigenvalue weighted by molar-refractivity contribution is -0.131. The van der Waals surface area contributed by atoms with E-state index >= 15 is 0 Å². The van der Waals surface area contributed by atoms with Gasteiger partial charge < -0.3 is 14.9 Å².